The molecule has 2 nitrogen and oxygen atoms in total. The largest absolute Gasteiger partial charge is 0.384 e. The standard InChI is InChI=1S/C5H11NOSi/c1-3-4-8-6-5(2)7/h3-4H,8H2,1-2H3,(H,6,7). The van der Waals surface area contributed by atoms with Gasteiger partial charge in [-0.1, -0.05) is 11.8 Å². The third-order valence-corrected chi connectivity index (χ3v) is 2.11. The fraction of sp³-hybridized carbons (Fsp3) is 0.400. The van der Waals surface area contributed by atoms with Crippen LogP contribution in [0.4, 0.5) is 0 Å². The summed E-state index contributed by atoms with van der Waals surface area (Å²) in [5, 5.41) is 0. The molecule has 1 amide bonds. The average molecular weight is 129 g/mol. The van der Waals surface area contributed by atoms with E-state index in [9.17, 15) is 4.79 Å². The molecule has 0 aliphatic carbocycles. The van der Waals surface area contributed by atoms with Crippen LogP contribution < -0.4 is 4.98 Å². The van der Waals surface area contributed by atoms with E-state index < -0.39 is 9.68 Å². The van der Waals surface area contributed by atoms with Crippen molar-refractivity contribution in [2.75, 3.05) is 0 Å². The Kier molecular flexibility index (Phi) is 4.25. The molecule has 46 valence electrons. The quantitative estimate of drug-likeness (QED) is 0.511. The first-order valence-corrected chi connectivity index (χ1v) is 4.15. The zero-order valence-corrected chi connectivity index (χ0v) is 6.68. The third kappa shape index (κ3) is 5.43. The number of hydrogen-bond acceptors (Lipinski definition) is 1. The lowest BCUT2D eigenvalue weighted by molar-refractivity contribution is -0.117. The van der Waals surface area contributed by atoms with E-state index in [1.165, 1.54) is 6.92 Å². The van der Waals surface area contributed by atoms with Gasteiger partial charge in [-0.2, -0.15) is 0 Å². The van der Waals surface area contributed by atoms with Crippen LogP contribution in [0.25, 0.3) is 0 Å². The van der Waals surface area contributed by atoms with Gasteiger partial charge in [0.25, 0.3) is 0 Å². The molecule has 0 atom stereocenters. The summed E-state index contributed by atoms with van der Waals surface area (Å²) in [5.74, 6) is 0.0785. The van der Waals surface area contributed by atoms with Crippen LogP contribution in [-0.2, 0) is 4.79 Å². The van der Waals surface area contributed by atoms with Crippen molar-refractivity contribution in [1.29, 1.82) is 0 Å². The van der Waals surface area contributed by atoms with Crippen LogP contribution in [0.5, 0.6) is 0 Å². The maximum Gasteiger partial charge on any atom is 0.208 e. The van der Waals surface area contributed by atoms with Gasteiger partial charge < -0.3 is 4.98 Å². The molecule has 0 aromatic rings. The molecule has 0 fully saturated rings. The van der Waals surface area contributed by atoms with Crippen LogP contribution in [0.2, 0.25) is 0 Å². The van der Waals surface area contributed by atoms with E-state index in [0.717, 1.165) is 0 Å². The van der Waals surface area contributed by atoms with Gasteiger partial charge in [0, 0.05) is 6.92 Å². The molecule has 0 aromatic carbocycles. The van der Waals surface area contributed by atoms with E-state index in [2.05, 4.69) is 4.98 Å². The van der Waals surface area contributed by atoms with Crippen LogP contribution >= 0.6 is 0 Å². The molecule has 0 rings (SSSR count). The van der Waals surface area contributed by atoms with Gasteiger partial charge in [0.15, 0.2) is 0 Å². The fourth-order valence-corrected chi connectivity index (χ4v) is 0.962. The van der Waals surface area contributed by atoms with Gasteiger partial charge in [0.05, 0.1) is 0 Å². The summed E-state index contributed by atoms with van der Waals surface area (Å²) < 4.78 is 0. The van der Waals surface area contributed by atoms with Crippen molar-refractivity contribution >= 4 is 15.6 Å². The second-order valence-electron chi connectivity index (χ2n) is 1.51. The van der Waals surface area contributed by atoms with E-state index in [-0.39, 0.29) is 5.91 Å². The molecular formula is C5H11NOSi. The lowest BCUT2D eigenvalue weighted by Gasteiger charge is -1.90. The molecule has 1 N–H and O–H groups in total. The van der Waals surface area contributed by atoms with Crippen molar-refractivity contribution in [3.05, 3.63) is 11.8 Å². The minimum absolute atomic E-state index is 0.0785. The summed E-state index contributed by atoms with van der Waals surface area (Å²) in [5.41, 5.74) is 2.03. The van der Waals surface area contributed by atoms with Crippen LogP contribution in [0, 0.1) is 0 Å². The van der Waals surface area contributed by atoms with Gasteiger partial charge in [-0.25, -0.2) is 0 Å². The van der Waals surface area contributed by atoms with Gasteiger partial charge in [-0.3, -0.25) is 4.79 Å². The first-order valence-electron chi connectivity index (χ1n) is 2.63. The Balaban J connectivity index is 3.05. The fourth-order valence-electron chi connectivity index (χ4n) is 0.321. The Labute approximate surface area is 51.9 Å². The zero-order valence-electron chi connectivity index (χ0n) is 5.27. The number of amides is 1. The molecule has 0 aromatic heterocycles. The molecule has 0 radical (unpaired) electrons. The summed E-state index contributed by atoms with van der Waals surface area (Å²) in [6.07, 6.45) is 1.96. The number of hydrogen-bond donors (Lipinski definition) is 1. The van der Waals surface area contributed by atoms with Crippen LogP contribution in [0.15, 0.2) is 11.8 Å². The maximum absolute atomic E-state index is 10.2. The van der Waals surface area contributed by atoms with E-state index in [1.54, 1.807) is 0 Å². The smallest absolute Gasteiger partial charge is 0.208 e. The summed E-state index contributed by atoms with van der Waals surface area (Å²) in [4.78, 5) is 13.0. The number of nitrogens with one attached hydrogen (secondary N) is 1. The monoisotopic (exact) mass is 129 g/mol. The van der Waals surface area contributed by atoms with Gasteiger partial charge in [-0.05, 0) is 6.92 Å². The first kappa shape index (κ1) is 7.43. The van der Waals surface area contributed by atoms with E-state index in [1.807, 2.05) is 18.7 Å². The minimum atomic E-state index is -0.416. The Morgan fingerprint density at radius 3 is 2.75 bits per heavy atom. The van der Waals surface area contributed by atoms with Crippen molar-refractivity contribution < 1.29 is 4.79 Å². The number of carbonyl (C=O) groups excluding carboxylic acids is 1. The highest BCUT2D eigenvalue weighted by Crippen LogP contribution is 1.62. The number of rotatable bonds is 2. The first-order chi connectivity index (χ1) is 3.77. The Hall–Kier alpha value is -0.573. The van der Waals surface area contributed by atoms with Crippen LogP contribution in [0.1, 0.15) is 13.8 Å². The molecule has 0 spiro atoms. The third-order valence-electron chi connectivity index (χ3n) is 0.705. The number of allylic oxidation sites excluding steroid dienone is 1. The SMILES string of the molecule is CC=C[SiH2]NC(C)=O. The van der Waals surface area contributed by atoms with Crippen molar-refractivity contribution in [2.24, 2.45) is 0 Å². The molecule has 0 bridgehead atoms. The van der Waals surface area contributed by atoms with Crippen molar-refractivity contribution in [1.82, 2.24) is 4.98 Å². The Morgan fingerprint density at radius 1 is 1.75 bits per heavy atom. The predicted octanol–water partition coefficient (Wildman–Crippen LogP) is -0.260. The van der Waals surface area contributed by atoms with Gasteiger partial charge in [0.1, 0.15) is 9.68 Å². The van der Waals surface area contributed by atoms with E-state index in [4.69, 9.17) is 0 Å². The van der Waals surface area contributed by atoms with E-state index >= 15 is 0 Å². The van der Waals surface area contributed by atoms with Crippen LogP contribution in [0.3, 0.4) is 0 Å². The topological polar surface area (TPSA) is 29.1 Å². The van der Waals surface area contributed by atoms with Crippen molar-refractivity contribution in [2.45, 2.75) is 13.8 Å². The highest BCUT2D eigenvalue weighted by molar-refractivity contribution is 6.42. The molecular weight excluding hydrogens is 118 g/mol. The molecule has 8 heavy (non-hydrogen) atoms. The predicted molar refractivity (Wildman–Crippen MR) is 37.2 cm³/mol. The maximum atomic E-state index is 10.2. The van der Waals surface area contributed by atoms with Crippen molar-refractivity contribution in [3.63, 3.8) is 0 Å². The molecule has 0 unspecified atom stereocenters. The average Bonchev–Trinajstić information content (AvgIpc) is 1.66. The summed E-state index contributed by atoms with van der Waals surface area (Å²) >= 11 is 0. The summed E-state index contributed by atoms with van der Waals surface area (Å²) in [6, 6.07) is 0. The normalized spacial score (nSPS) is 11.2. The zero-order chi connectivity index (χ0) is 6.41. The summed E-state index contributed by atoms with van der Waals surface area (Å²) in [6.45, 7) is 3.49. The number of carbonyl (C=O) groups is 1. The Bertz CT molecular complexity index is 101. The lowest BCUT2D eigenvalue weighted by atomic mass is 10.8. The lowest BCUT2D eigenvalue weighted by Crippen LogP contribution is -2.22. The second-order valence-corrected chi connectivity index (χ2v) is 2.74. The molecule has 0 aliphatic heterocycles. The van der Waals surface area contributed by atoms with Gasteiger partial charge in [-0.15, -0.1) is 0 Å². The summed E-state index contributed by atoms with van der Waals surface area (Å²) in [7, 11) is -0.416. The molecule has 0 aliphatic rings. The molecule has 0 saturated carbocycles. The Morgan fingerprint density at radius 2 is 2.38 bits per heavy atom. The van der Waals surface area contributed by atoms with Gasteiger partial charge in [0.2, 0.25) is 5.91 Å². The van der Waals surface area contributed by atoms with E-state index in [0.29, 0.717) is 0 Å². The molecule has 0 saturated heterocycles. The molecule has 0 heterocycles. The van der Waals surface area contributed by atoms with Gasteiger partial charge >= 0.3 is 0 Å². The second kappa shape index (κ2) is 4.58. The van der Waals surface area contributed by atoms with Crippen molar-refractivity contribution in [3.8, 4) is 0 Å². The highest BCUT2D eigenvalue weighted by Gasteiger charge is 1.82. The van der Waals surface area contributed by atoms with Crippen LogP contribution in [-0.4, -0.2) is 15.6 Å². The molecule has 3 heteroatoms. The highest BCUT2D eigenvalue weighted by atomic mass is 28.2. The minimum Gasteiger partial charge on any atom is -0.384 e.